The van der Waals surface area contributed by atoms with Gasteiger partial charge in [-0.25, -0.2) is 12.4 Å². The molecule has 2 aromatic heterocycles. The van der Waals surface area contributed by atoms with Crippen molar-refractivity contribution in [1.29, 1.82) is 0 Å². The molecular weight excluding hydrogens is 376 g/mol. The summed E-state index contributed by atoms with van der Waals surface area (Å²) in [5, 5.41) is 0.375. The van der Waals surface area contributed by atoms with Crippen LogP contribution in [0.5, 0.6) is 0 Å². The molecule has 6 nitrogen and oxygen atoms in total. The van der Waals surface area contributed by atoms with Crippen LogP contribution >= 0.6 is 0 Å². The van der Waals surface area contributed by atoms with Gasteiger partial charge in [0.1, 0.15) is 5.52 Å². The molecule has 1 fully saturated rings. The topological polar surface area (TPSA) is 78.1 Å². The van der Waals surface area contributed by atoms with Crippen LogP contribution in [0, 0.1) is 20.8 Å². The molecule has 0 atom stereocenters. The van der Waals surface area contributed by atoms with E-state index in [1.807, 2.05) is 6.92 Å². The lowest BCUT2D eigenvalue weighted by Crippen LogP contribution is -2.24. The number of rotatable bonds is 4. The number of benzene rings is 1. The van der Waals surface area contributed by atoms with E-state index in [2.05, 4.69) is 0 Å². The maximum atomic E-state index is 13.6. The Hall–Kier alpha value is -2.67. The average Bonchev–Trinajstić information content (AvgIpc) is 3.32. The largest absolute Gasteiger partial charge is 0.311 e. The Morgan fingerprint density at radius 1 is 1.11 bits per heavy atom. The van der Waals surface area contributed by atoms with Gasteiger partial charge in [0, 0.05) is 29.4 Å². The second kappa shape index (κ2) is 6.17. The molecule has 1 saturated carbocycles. The molecule has 0 amide bonds. The molecule has 146 valence electrons. The van der Waals surface area contributed by atoms with Crippen molar-refractivity contribution in [3.8, 4) is 0 Å². The predicted octanol–water partition coefficient (Wildman–Crippen LogP) is 3.50. The van der Waals surface area contributed by atoms with Crippen molar-refractivity contribution in [3.63, 3.8) is 0 Å². The highest BCUT2D eigenvalue weighted by molar-refractivity contribution is 7.90. The number of hydrogen-bond acceptors (Lipinski definition) is 4. The molecule has 0 saturated heterocycles. The summed E-state index contributed by atoms with van der Waals surface area (Å²) in [5.74, 6) is -0.278. The molecule has 0 radical (unpaired) electrons. The van der Waals surface area contributed by atoms with Crippen molar-refractivity contribution >= 4 is 26.7 Å². The number of carbonyl (C=O) groups is 1. The number of Topliss-reactive ketones (excluding diaryl/α,β-unsaturated/α-hetero) is 1. The fourth-order valence-corrected chi connectivity index (χ4v) is 5.79. The van der Waals surface area contributed by atoms with Crippen LogP contribution < -0.4 is 5.56 Å². The van der Waals surface area contributed by atoms with Crippen LogP contribution in [-0.2, 0) is 10.0 Å². The van der Waals surface area contributed by atoms with E-state index in [-0.39, 0.29) is 33.4 Å². The zero-order valence-corrected chi connectivity index (χ0v) is 17.1. The first kappa shape index (κ1) is 18.7. The van der Waals surface area contributed by atoms with Gasteiger partial charge in [-0.1, -0.05) is 17.7 Å². The monoisotopic (exact) mass is 398 g/mol. The molecule has 3 aromatic rings. The smallest absolute Gasteiger partial charge is 0.276 e. The summed E-state index contributed by atoms with van der Waals surface area (Å²) in [6, 6.07) is 5.39. The maximum Gasteiger partial charge on any atom is 0.276 e. The van der Waals surface area contributed by atoms with Crippen molar-refractivity contribution in [2.45, 2.75) is 51.5 Å². The van der Waals surface area contributed by atoms with Crippen molar-refractivity contribution in [3.05, 3.63) is 63.2 Å². The molecule has 0 unspecified atom stereocenters. The fourth-order valence-electron chi connectivity index (χ4n) is 4.00. The van der Waals surface area contributed by atoms with Crippen LogP contribution in [0.1, 0.15) is 52.9 Å². The van der Waals surface area contributed by atoms with Crippen LogP contribution in [0.4, 0.5) is 0 Å². The quantitative estimate of drug-likeness (QED) is 0.630. The molecule has 0 aliphatic heterocycles. The van der Waals surface area contributed by atoms with Crippen molar-refractivity contribution in [2.75, 3.05) is 0 Å². The van der Waals surface area contributed by atoms with Crippen LogP contribution in [0.25, 0.3) is 10.9 Å². The van der Waals surface area contributed by atoms with Crippen molar-refractivity contribution in [1.82, 2.24) is 8.54 Å². The minimum absolute atomic E-state index is 0.0407. The van der Waals surface area contributed by atoms with E-state index < -0.39 is 10.0 Å². The Morgan fingerprint density at radius 2 is 1.71 bits per heavy atom. The Balaban J connectivity index is 2.10. The molecule has 4 rings (SSSR count). The SMILES string of the molecule is CC(=O)c1cn(S(=O)(=O)c2c(C)cc(C)cc2C)c2c(=O)n(C3CC3)ccc12. The predicted molar refractivity (Wildman–Crippen MR) is 108 cm³/mol. The molecule has 1 aromatic carbocycles. The van der Waals surface area contributed by atoms with Gasteiger partial charge < -0.3 is 4.57 Å². The highest BCUT2D eigenvalue weighted by atomic mass is 32.2. The van der Waals surface area contributed by atoms with E-state index in [4.69, 9.17) is 0 Å². The van der Waals surface area contributed by atoms with E-state index in [0.717, 1.165) is 22.4 Å². The van der Waals surface area contributed by atoms with Crippen LogP contribution in [0.15, 0.2) is 40.3 Å². The minimum atomic E-state index is -4.05. The van der Waals surface area contributed by atoms with E-state index in [0.29, 0.717) is 16.5 Å². The minimum Gasteiger partial charge on any atom is -0.311 e. The van der Waals surface area contributed by atoms with Gasteiger partial charge in [0.25, 0.3) is 15.6 Å². The van der Waals surface area contributed by atoms with Gasteiger partial charge >= 0.3 is 0 Å². The van der Waals surface area contributed by atoms with Gasteiger partial charge in [0.15, 0.2) is 5.78 Å². The summed E-state index contributed by atoms with van der Waals surface area (Å²) in [6.07, 6.45) is 4.75. The molecule has 0 spiro atoms. The zero-order chi connectivity index (χ0) is 20.4. The molecule has 0 bridgehead atoms. The fraction of sp³-hybridized carbons (Fsp3) is 0.333. The summed E-state index contributed by atoms with van der Waals surface area (Å²) in [4.78, 5) is 25.4. The van der Waals surface area contributed by atoms with Crippen LogP contribution in [0.2, 0.25) is 0 Å². The first-order chi connectivity index (χ1) is 13.1. The normalized spacial score (nSPS) is 14.6. The van der Waals surface area contributed by atoms with Crippen LogP contribution in [0.3, 0.4) is 0 Å². The van der Waals surface area contributed by atoms with Crippen LogP contribution in [-0.4, -0.2) is 22.7 Å². The van der Waals surface area contributed by atoms with E-state index in [1.54, 1.807) is 42.8 Å². The number of nitrogens with zero attached hydrogens (tertiary/aromatic N) is 2. The van der Waals surface area contributed by atoms with Gasteiger partial charge in [-0.2, -0.15) is 0 Å². The van der Waals surface area contributed by atoms with Crippen molar-refractivity contribution in [2.24, 2.45) is 0 Å². The number of hydrogen-bond donors (Lipinski definition) is 0. The van der Waals surface area contributed by atoms with Gasteiger partial charge in [0.2, 0.25) is 0 Å². The molecular formula is C21H22N2O4S. The summed E-state index contributed by atoms with van der Waals surface area (Å²) in [7, 11) is -4.05. The number of carbonyl (C=O) groups excluding carboxylic acids is 1. The summed E-state index contributed by atoms with van der Waals surface area (Å²) >= 11 is 0. The number of pyridine rings is 1. The molecule has 1 aliphatic carbocycles. The second-order valence-corrected chi connectivity index (χ2v) is 9.40. The lowest BCUT2D eigenvalue weighted by molar-refractivity contribution is 0.101. The molecule has 0 N–H and O–H groups in total. The number of ketones is 1. The average molecular weight is 398 g/mol. The maximum absolute atomic E-state index is 13.6. The summed E-state index contributed by atoms with van der Waals surface area (Å²) in [5.41, 5.74) is 2.09. The highest BCUT2D eigenvalue weighted by Gasteiger charge is 2.30. The Morgan fingerprint density at radius 3 is 2.25 bits per heavy atom. The molecule has 28 heavy (non-hydrogen) atoms. The Labute approximate surface area is 163 Å². The van der Waals surface area contributed by atoms with Gasteiger partial charge in [-0.05, 0) is 57.7 Å². The van der Waals surface area contributed by atoms with Gasteiger partial charge in [0.05, 0.1) is 4.90 Å². The summed E-state index contributed by atoms with van der Waals surface area (Å²) in [6.45, 7) is 6.77. The number of fused-ring (bicyclic) bond motifs is 1. The third-order valence-corrected chi connectivity index (χ3v) is 7.26. The number of aryl methyl sites for hydroxylation is 3. The molecule has 2 heterocycles. The summed E-state index contributed by atoms with van der Waals surface area (Å²) < 4.78 is 29.8. The molecule has 7 heteroatoms. The third kappa shape index (κ3) is 2.73. The Kier molecular flexibility index (Phi) is 4.12. The van der Waals surface area contributed by atoms with Crippen molar-refractivity contribution < 1.29 is 13.2 Å². The molecule has 1 aliphatic rings. The lowest BCUT2D eigenvalue weighted by atomic mass is 10.1. The van der Waals surface area contributed by atoms with Gasteiger partial charge in [-0.15, -0.1) is 0 Å². The first-order valence-corrected chi connectivity index (χ1v) is 10.7. The lowest BCUT2D eigenvalue weighted by Gasteiger charge is -2.14. The highest BCUT2D eigenvalue weighted by Crippen LogP contribution is 2.35. The van der Waals surface area contributed by atoms with E-state index in [1.165, 1.54) is 13.1 Å². The van der Waals surface area contributed by atoms with E-state index in [9.17, 15) is 18.0 Å². The zero-order valence-electron chi connectivity index (χ0n) is 16.3. The number of aromatic nitrogens is 2. The Bertz CT molecular complexity index is 1290. The second-order valence-electron chi connectivity index (χ2n) is 7.65. The van der Waals surface area contributed by atoms with E-state index >= 15 is 0 Å². The van der Waals surface area contributed by atoms with Gasteiger partial charge in [-0.3, -0.25) is 9.59 Å². The first-order valence-electron chi connectivity index (χ1n) is 9.23. The standard InChI is InChI=1S/C21H22N2O4S/c1-12-9-13(2)20(14(3)10-12)28(26,27)23-11-18(15(4)24)17-7-8-22(16-5-6-16)21(25)19(17)23/h7-11,16H,5-6H2,1-4H3. The third-order valence-electron chi connectivity index (χ3n) is 5.29.